The molecule has 0 radical (unpaired) electrons. The van der Waals surface area contributed by atoms with Crippen molar-refractivity contribution in [1.82, 2.24) is 0 Å². The minimum absolute atomic E-state index is 0. The molecule has 0 aromatic carbocycles. The van der Waals surface area contributed by atoms with Crippen LogP contribution in [0.5, 0.6) is 0 Å². The largest absolute Gasteiger partial charge is 1.00 e. The van der Waals surface area contributed by atoms with Crippen LogP contribution in [0.4, 0.5) is 0 Å². The quantitative estimate of drug-likeness (QED) is 0.306. The van der Waals surface area contributed by atoms with Crippen LogP contribution in [0.2, 0.25) is 0 Å². The fourth-order valence-electron chi connectivity index (χ4n) is 0.637. The van der Waals surface area contributed by atoms with E-state index in [1.807, 2.05) is 0 Å². The first-order valence-electron chi connectivity index (χ1n) is 2.76. The Hall–Kier alpha value is 0.0200. The van der Waals surface area contributed by atoms with Gasteiger partial charge >= 0.3 is 59.1 Å². The molecule has 0 bridgehead atoms. The van der Waals surface area contributed by atoms with Crippen LogP contribution in [-0.2, 0) is 9.59 Å². The molecule has 0 aliphatic heterocycles. The molecule has 1 rings (SSSR count). The summed E-state index contributed by atoms with van der Waals surface area (Å²) < 4.78 is 0. The molecule has 14 heavy (non-hydrogen) atoms. The van der Waals surface area contributed by atoms with Crippen LogP contribution in [0.25, 0.3) is 0 Å². The Morgan fingerprint density at radius 2 is 1.07 bits per heavy atom. The van der Waals surface area contributed by atoms with Crippen molar-refractivity contribution in [3.8, 4) is 0 Å². The normalized spacial score (nSPS) is 16.3. The predicted octanol–water partition coefficient (Wildman–Crippen LogP) is -8.59. The van der Waals surface area contributed by atoms with E-state index in [1.54, 1.807) is 0 Å². The number of aliphatic hydroxyl groups excluding tert-OH is 2. The summed E-state index contributed by atoms with van der Waals surface area (Å²) in [5.41, 5.74) is 0. The van der Waals surface area contributed by atoms with Gasteiger partial charge in [-0.1, -0.05) is 0 Å². The Labute approximate surface area is 123 Å². The first kappa shape index (κ1) is 16.4. The van der Waals surface area contributed by atoms with Crippen molar-refractivity contribution in [2.75, 3.05) is 0 Å². The molecule has 0 saturated carbocycles. The molecular weight excluding hydrogens is 214 g/mol. The third kappa shape index (κ3) is 2.53. The third-order valence-corrected chi connectivity index (χ3v) is 1.27. The zero-order valence-corrected chi connectivity index (χ0v) is 11.5. The average Bonchev–Trinajstić information content (AvgIpc) is 2.08. The minimum Gasteiger partial charge on any atom is -0.867 e. The van der Waals surface area contributed by atoms with Gasteiger partial charge in [-0.3, -0.25) is 9.59 Å². The zero-order valence-electron chi connectivity index (χ0n) is 7.53. The SMILES string of the molecule is O=C1C([O-])=C(O)C(=O)C(O)=C1[O-].[Na+].[Na+]. The van der Waals surface area contributed by atoms with Crippen molar-refractivity contribution in [2.24, 2.45) is 0 Å². The van der Waals surface area contributed by atoms with E-state index in [9.17, 15) is 19.8 Å². The van der Waals surface area contributed by atoms with Gasteiger partial charge in [-0.25, -0.2) is 0 Å². The Bertz CT molecular complexity index is 280. The molecule has 0 aromatic rings. The minimum atomic E-state index is -1.61. The molecule has 1 aliphatic carbocycles. The van der Waals surface area contributed by atoms with Crippen molar-refractivity contribution in [2.45, 2.75) is 0 Å². The molecule has 0 heterocycles. The van der Waals surface area contributed by atoms with Gasteiger partial charge in [0.05, 0.1) is 0 Å². The summed E-state index contributed by atoms with van der Waals surface area (Å²) in [6, 6.07) is 0. The number of hydrogen-bond donors (Lipinski definition) is 2. The maximum absolute atomic E-state index is 10.5. The number of carbonyl (C=O) groups is 2. The van der Waals surface area contributed by atoms with Gasteiger partial charge in [0.2, 0.25) is 0 Å². The number of aliphatic hydroxyl groups is 2. The van der Waals surface area contributed by atoms with Crippen molar-refractivity contribution in [1.29, 1.82) is 0 Å². The van der Waals surface area contributed by atoms with E-state index in [0.717, 1.165) is 0 Å². The van der Waals surface area contributed by atoms with Crippen molar-refractivity contribution in [3.63, 3.8) is 0 Å². The molecule has 6 nitrogen and oxygen atoms in total. The second kappa shape index (κ2) is 5.79. The number of carbonyl (C=O) groups excluding carboxylic acids is 2. The second-order valence-corrected chi connectivity index (χ2v) is 2.01. The average molecular weight is 216 g/mol. The van der Waals surface area contributed by atoms with E-state index < -0.39 is 34.6 Å². The maximum atomic E-state index is 10.5. The van der Waals surface area contributed by atoms with Crippen molar-refractivity contribution in [3.05, 3.63) is 23.0 Å². The Balaban J connectivity index is 0. The van der Waals surface area contributed by atoms with Gasteiger partial charge in [-0.05, 0) is 11.5 Å². The molecule has 2 N–H and O–H groups in total. The maximum Gasteiger partial charge on any atom is 1.00 e. The van der Waals surface area contributed by atoms with Crippen molar-refractivity contribution >= 4 is 11.6 Å². The monoisotopic (exact) mass is 216 g/mol. The second-order valence-electron chi connectivity index (χ2n) is 2.01. The number of ketones is 2. The first-order valence-corrected chi connectivity index (χ1v) is 2.76. The van der Waals surface area contributed by atoms with E-state index in [1.165, 1.54) is 0 Å². The molecule has 0 amide bonds. The summed E-state index contributed by atoms with van der Waals surface area (Å²) in [4.78, 5) is 21.0. The van der Waals surface area contributed by atoms with Crippen LogP contribution < -0.4 is 69.3 Å². The molecule has 0 fully saturated rings. The standard InChI is InChI=1S/C6H4O6.2Na/c7-1-2(8)4(10)6(12)5(11)3(1)9;;/h7-8,11-12H;;/q;2*+1/p-2. The van der Waals surface area contributed by atoms with E-state index in [0.29, 0.717) is 0 Å². The van der Waals surface area contributed by atoms with Gasteiger partial charge in [-0.15, -0.1) is 0 Å². The number of hydrogen-bond acceptors (Lipinski definition) is 6. The molecule has 1 aliphatic rings. The van der Waals surface area contributed by atoms with E-state index in [2.05, 4.69) is 0 Å². The predicted molar refractivity (Wildman–Crippen MR) is 29.3 cm³/mol. The van der Waals surface area contributed by atoms with Crippen LogP contribution in [0.1, 0.15) is 0 Å². The molecular formula is C6H2Na2O6. The fourth-order valence-corrected chi connectivity index (χ4v) is 0.637. The van der Waals surface area contributed by atoms with E-state index in [4.69, 9.17) is 10.2 Å². The van der Waals surface area contributed by atoms with Crippen molar-refractivity contribution < 1.29 is 89.1 Å². The first-order chi connectivity index (χ1) is 5.46. The smallest absolute Gasteiger partial charge is 0.867 e. The summed E-state index contributed by atoms with van der Waals surface area (Å²) in [6.45, 7) is 0. The summed E-state index contributed by atoms with van der Waals surface area (Å²) >= 11 is 0. The molecule has 0 aromatic heterocycles. The fraction of sp³-hybridized carbons (Fsp3) is 0. The van der Waals surface area contributed by atoms with Crippen LogP contribution in [0.15, 0.2) is 23.0 Å². The summed E-state index contributed by atoms with van der Waals surface area (Å²) in [5, 5.41) is 38.1. The van der Waals surface area contributed by atoms with Gasteiger partial charge in [0.1, 0.15) is 0 Å². The van der Waals surface area contributed by atoms with Gasteiger partial charge in [0.15, 0.2) is 17.3 Å². The van der Waals surface area contributed by atoms with Crippen LogP contribution in [0.3, 0.4) is 0 Å². The summed E-state index contributed by atoms with van der Waals surface area (Å²) in [7, 11) is 0. The van der Waals surface area contributed by atoms with E-state index in [-0.39, 0.29) is 59.1 Å². The summed E-state index contributed by atoms with van der Waals surface area (Å²) in [6.07, 6.45) is 0. The molecule has 0 saturated heterocycles. The number of rotatable bonds is 0. The van der Waals surface area contributed by atoms with Gasteiger partial charge in [-0.2, -0.15) is 0 Å². The molecule has 0 unspecified atom stereocenters. The van der Waals surface area contributed by atoms with Gasteiger partial charge in [0, 0.05) is 0 Å². The van der Waals surface area contributed by atoms with Crippen LogP contribution in [-0.4, -0.2) is 21.8 Å². The third-order valence-electron chi connectivity index (χ3n) is 1.27. The summed E-state index contributed by atoms with van der Waals surface area (Å²) in [5.74, 6) is -9.12. The Kier molecular flexibility index (Phi) is 6.81. The topological polar surface area (TPSA) is 121 Å². The molecule has 64 valence electrons. The number of Topliss-reactive ketones (excluding diaryl/α,β-unsaturated/α-hetero) is 2. The molecule has 8 heteroatoms. The Morgan fingerprint density at radius 3 is 1.36 bits per heavy atom. The zero-order chi connectivity index (χ0) is 9.46. The molecule has 0 spiro atoms. The Morgan fingerprint density at radius 1 is 0.786 bits per heavy atom. The molecule has 0 atom stereocenters. The van der Waals surface area contributed by atoms with Gasteiger partial charge < -0.3 is 20.4 Å². The van der Waals surface area contributed by atoms with Crippen LogP contribution in [0, 0.1) is 0 Å². The van der Waals surface area contributed by atoms with E-state index >= 15 is 0 Å². The van der Waals surface area contributed by atoms with Crippen LogP contribution >= 0.6 is 0 Å². The van der Waals surface area contributed by atoms with Gasteiger partial charge in [0.25, 0.3) is 5.78 Å².